The summed E-state index contributed by atoms with van der Waals surface area (Å²) < 4.78 is 0. The van der Waals surface area contributed by atoms with E-state index in [1.165, 1.54) is 5.56 Å². The minimum absolute atomic E-state index is 0.0842. The van der Waals surface area contributed by atoms with Crippen LogP contribution in [0.15, 0.2) is 60.8 Å². The standard InChI is InChI=1S/C21H23N3O2/c25-18-11-17(24(14-18)13-15-5-2-1-3-6-15)12-23-21(26)19-8-4-7-16-9-10-22-20(16)19/h1-10,17-18,22,25H,11-14H2,(H,23,26). The van der Waals surface area contributed by atoms with Gasteiger partial charge in [-0.2, -0.15) is 0 Å². The molecule has 2 aromatic carbocycles. The number of fused-ring (bicyclic) bond motifs is 1. The highest BCUT2D eigenvalue weighted by atomic mass is 16.3. The summed E-state index contributed by atoms with van der Waals surface area (Å²) in [7, 11) is 0. The molecule has 134 valence electrons. The van der Waals surface area contributed by atoms with Gasteiger partial charge in [0.25, 0.3) is 5.91 Å². The molecule has 5 heteroatoms. The Morgan fingerprint density at radius 2 is 2.00 bits per heavy atom. The van der Waals surface area contributed by atoms with Gasteiger partial charge in [0, 0.05) is 37.3 Å². The second-order valence-electron chi connectivity index (χ2n) is 6.92. The quantitative estimate of drug-likeness (QED) is 0.663. The Labute approximate surface area is 152 Å². The number of carbonyl (C=O) groups excluding carboxylic acids is 1. The summed E-state index contributed by atoms with van der Waals surface area (Å²) in [6, 6.07) is 18.0. The van der Waals surface area contributed by atoms with Gasteiger partial charge in [0.1, 0.15) is 0 Å². The molecule has 3 N–H and O–H groups in total. The van der Waals surface area contributed by atoms with Crippen LogP contribution in [-0.2, 0) is 6.54 Å². The van der Waals surface area contributed by atoms with Crippen molar-refractivity contribution in [1.29, 1.82) is 0 Å². The lowest BCUT2D eigenvalue weighted by Crippen LogP contribution is -2.39. The van der Waals surface area contributed by atoms with Crippen LogP contribution in [0.5, 0.6) is 0 Å². The first-order chi connectivity index (χ1) is 12.7. The fourth-order valence-corrected chi connectivity index (χ4v) is 3.76. The maximum Gasteiger partial charge on any atom is 0.253 e. The van der Waals surface area contributed by atoms with Crippen LogP contribution in [0.25, 0.3) is 10.9 Å². The van der Waals surface area contributed by atoms with Gasteiger partial charge in [-0.05, 0) is 24.1 Å². The first-order valence-corrected chi connectivity index (χ1v) is 9.01. The Kier molecular flexibility index (Phi) is 4.73. The summed E-state index contributed by atoms with van der Waals surface area (Å²) in [6.45, 7) is 1.95. The Hall–Kier alpha value is -2.63. The number of aromatic nitrogens is 1. The number of β-amino-alcohol motifs (C(OH)–C–C–N with tert-alkyl or cyclic N) is 1. The van der Waals surface area contributed by atoms with Gasteiger partial charge in [-0.3, -0.25) is 9.69 Å². The number of benzene rings is 2. The van der Waals surface area contributed by atoms with Gasteiger partial charge >= 0.3 is 0 Å². The molecule has 2 unspecified atom stereocenters. The molecule has 1 fully saturated rings. The molecule has 2 atom stereocenters. The summed E-state index contributed by atoms with van der Waals surface area (Å²) in [5.41, 5.74) is 2.73. The van der Waals surface area contributed by atoms with Crippen molar-refractivity contribution in [2.45, 2.75) is 25.1 Å². The lowest BCUT2D eigenvalue weighted by atomic mass is 10.1. The zero-order valence-electron chi connectivity index (χ0n) is 14.6. The highest BCUT2D eigenvalue weighted by Gasteiger charge is 2.31. The molecule has 0 spiro atoms. The van der Waals surface area contributed by atoms with Gasteiger partial charge in [-0.25, -0.2) is 0 Å². The summed E-state index contributed by atoms with van der Waals surface area (Å²) in [6.07, 6.45) is 2.18. The molecular weight excluding hydrogens is 326 g/mol. The molecule has 0 radical (unpaired) electrons. The maximum atomic E-state index is 12.6. The molecule has 1 aliphatic rings. The van der Waals surface area contributed by atoms with Gasteiger partial charge in [-0.1, -0.05) is 42.5 Å². The third-order valence-corrected chi connectivity index (χ3v) is 5.06. The van der Waals surface area contributed by atoms with E-state index in [1.807, 2.05) is 48.7 Å². The van der Waals surface area contributed by atoms with E-state index in [0.717, 1.165) is 17.4 Å². The lowest BCUT2D eigenvalue weighted by Gasteiger charge is -2.24. The van der Waals surface area contributed by atoms with Crippen molar-refractivity contribution in [2.24, 2.45) is 0 Å². The fourth-order valence-electron chi connectivity index (χ4n) is 3.76. The van der Waals surface area contributed by atoms with E-state index >= 15 is 0 Å². The minimum Gasteiger partial charge on any atom is -0.392 e. The van der Waals surface area contributed by atoms with Crippen molar-refractivity contribution in [3.63, 3.8) is 0 Å². The molecule has 26 heavy (non-hydrogen) atoms. The molecule has 1 aliphatic heterocycles. The normalized spacial score (nSPS) is 20.5. The molecular formula is C21H23N3O2. The van der Waals surface area contributed by atoms with Crippen LogP contribution in [0.4, 0.5) is 0 Å². The first-order valence-electron chi connectivity index (χ1n) is 9.01. The second kappa shape index (κ2) is 7.32. The van der Waals surface area contributed by atoms with Gasteiger partial charge in [0.2, 0.25) is 0 Å². The van der Waals surface area contributed by atoms with Crippen LogP contribution in [-0.4, -0.2) is 46.1 Å². The first kappa shape index (κ1) is 16.8. The van der Waals surface area contributed by atoms with Crippen molar-refractivity contribution in [3.8, 4) is 0 Å². The number of rotatable bonds is 5. The molecule has 1 amide bonds. The van der Waals surface area contributed by atoms with Crippen molar-refractivity contribution < 1.29 is 9.90 Å². The largest absolute Gasteiger partial charge is 0.392 e. The Morgan fingerprint density at radius 1 is 1.15 bits per heavy atom. The predicted octanol–water partition coefficient (Wildman–Crippen LogP) is 2.53. The lowest BCUT2D eigenvalue weighted by molar-refractivity contribution is 0.0941. The summed E-state index contributed by atoms with van der Waals surface area (Å²) in [5.74, 6) is -0.0842. The third kappa shape index (κ3) is 3.49. The molecule has 5 nitrogen and oxygen atoms in total. The number of aliphatic hydroxyl groups is 1. The van der Waals surface area contributed by atoms with E-state index in [1.54, 1.807) is 0 Å². The Morgan fingerprint density at radius 3 is 2.85 bits per heavy atom. The van der Waals surface area contributed by atoms with Crippen molar-refractivity contribution in [1.82, 2.24) is 15.2 Å². The average Bonchev–Trinajstić information content (AvgIpc) is 3.26. The second-order valence-corrected chi connectivity index (χ2v) is 6.92. The zero-order chi connectivity index (χ0) is 17.9. The topological polar surface area (TPSA) is 68.4 Å². The highest BCUT2D eigenvalue weighted by molar-refractivity contribution is 6.05. The monoisotopic (exact) mass is 349 g/mol. The van der Waals surface area contributed by atoms with Crippen LogP contribution in [0.3, 0.4) is 0 Å². The summed E-state index contributed by atoms with van der Waals surface area (Å²) in [4.78, 5) is 18.0. The number of hydrogen-bond donors (Lipinski definition) is 3. The average molecular weight is 349 g/mol. The SMILES string of the molecule is O=C(NCC1CC(O)CN1Cc1ccccc1)c1cccc2cc[nH]c12. The predicted molar refractivity (Wildman–Crippen MR) is 102 cm³/mol. The Balaban J connectivity index is 1.42. The molecule has 1 aromatic heterocycles. The number of aliphatic hydroxyl groups excluding tert-OH is 1. The number of likely N-dealkylation sites (tertiary alicyclic amines) is 1. The van der Waals surface area contributed by atoms with E-state index < -0.39 is 0 Å². The number of hydrogen-bond acceptors (Lipinski definition) is 3. The molecule has 4 rings (SSSR count). The number of carbonyl (C=O) groups is 1. The number of nitrogens with zero attached hydrogens (tertiary/aromatic N) is 1. The number of amides is 1. The fraction of sp³-hybridized carbons (Fsp3) is 0.286. The zero-order valence-corrected chi connectivity index (χ0v) is 14.6. The minimum atomic E-state index is -0.340. The van der Waals surface area contributed by atoms with Crippen LogP contribution in [0.1, 0.15) is 22.3 Å². The van der Waals surface area contributed by atoms with E-state index in [0.29, 0.717) is 25.1 Å². The van der Waals surface area contributed by atoms with Crippen molar-refractivity contribution in [2.75, 3.05) is 13.1 Å². The Bertz CT molecular complexity index is 890. The molecule has 3 aromatic rings. The van der Waals surface area contributed by atoms with E-state index in [2.05, 4.69) is 27.3 Å². The van der Waals surface area contributed by atoms with E-state index in [9.17, 15) is 9.90 Å². The molecule has 1 saturated heterocycles. The summed E-state index contributed by atoms with van der Waals surface area (Å²) >= 11 is 0. The molecule has 0 aliphatic carbocycles. The highest BCUT2D eigenvalue weighted by Crippen LogP contribution is 2.21. The third-order valence-electron chi connectivity index (χ3n) is 5.06. The summed E-state index contributed by atoms with van der Waals surface area (Å²) in [5, 5.41) is 14.2. The van der Waals surface area contributed by atoms with Crippen molar-refractivity contribution in [3.05, 3.63) is 71.9 Å². The molecule has 2 heterocycles. The van der Waals surface area contributed by atoms with E-state index in [4.69, 9.17) is 0 Å². The van der Waals surface area contributed by atoms with Crippen LogP contribution in [0, 0.1) is 0 Å². The molecule has 0 bridgehead atoms. The maximum absolute atomic E-state index is 12.6. The van der Waals surface area contributed by atoms with Crippen LogP contribution < -0.4 is 5.32 Å². The number of aromatic amines is 1. The van der Waals surface area contributed by atoms with E-state index in [-0.39, 0.29) is 18.1 Å². The molecule has 0 saturated carbocycles. The number of H-pyrrole nitrogens is 1. The van der Waals surface area contributed by atoms with Crippen molar-refractivity contribution >= 4 is 16.8 Å². The van der Waals surface area contributed by atoms with Gasteiger partial charge in [-0.15, -0.1) is 0 Å². The van der Waals surface area contributed by atoms with Crippen LogP contribution in [0.2, 0.25) is 0 Å². The van der Waals surface area contributed by atoms with Gasteiger partial charge < -0.3 is 15.4 Å². The van der Waals surface area contributed by atoms with Crippen LogP contribution >= 0.6 is 0 Å². The van der Waals surface area contributed by atoms with Gasteiger partial charge in [0.05, 0.1) is 17.2 Å². The number of nitrogens with one attached hydrogen (secondary N) is 2. The van der Waals surface area contributed by atoms with Gasteiger partial charge in [0.15, 0.2) is 0 Å². The number of para-hydroxylation sites is 1. The smallest absolute Gasteiger partial charge is 0.253 e.